The third-order valence-electron chi connectivity index (χ3n) is 7.77. The third kappa shape index (κ3) is 6.77. The minimum atomic E-state index is -2.77. The average molecular weight is 593 g/mol. The third-order valence-corrected chi connectivity index (χ3v) is 7.77. The molecular weight excluding hydrogens is 560 g/mol. The van der Waals surface area contributed by atoms with Gasteiger partial charge in [-0.25, -0.2) is 32.1 Å². The number of nitrogens with zero attached hydrogens (tertiary/aromatic N) is 2. The topological polar surface area (TPSA) is 106 Å². The number of hydrogen-bond donors (Lipinski definition) is 2. The summed E-state index contributed by atoms with van der Waals surface area (Å²) in [5.41, 5.74) is 2.12. The Hall–Kier alpha value is -3.87. The van der Waals surface area contributed by atoms with Gasteiger partial charge in [0.05, 0.1) is 12.6 Å². The summed E-state index contributed by atoms with van der Waals surface area (Å²) in [6, 6.07) is 10.6. The highest BCUT2D eigenvalue weighted by Crippen LogP contribution is 2.42. The van der Waals surface area contributed by atoms with E-state index in [9.17, 15) is 27.2 Å². The molecule has 0 spiro atoms. The lowest BCUT2D eigenvalue weighted by atomic mass is 9.82. The lowest BCUT2D eigenvalue weighted by molar-refractivity contribution is -0.0505. The van der Waals surface area contributed by atoms with Crippen LogP contribution in [0.5, 0.6) is 0 Å². The first kappa shape index (κ1) is 29.6. The van der Waals surface area contributed by atoms with E-state index in [0.717, 1.165) is 5.56 Å². The van der Waals surface area contributed by atoms with Gasteiger partial charge in [-0.1, -0.05) is 36.4 Å². The number of fused-ring (bicyclic) bond motifs is 1. The normalized spacial score (nSPS) is 20.5. The summed E-state index contributed by atoms with van der Waals surface area (Å²) in [4.78, 5) is 31.2. The number of carbonyl (C=O) groups is 2. The molecule has 1 aliphatic heterocycles. The van der Waals surface area contributed by atoms with Crippen LogP contribution < -0.4 is 10.6 Å². The second-order valence-corrected chi connectivity index (χ2v) is 10.7. The molecule has 3 atom stereocenters. The van der Waals surface area contributed by atoms with Crippen molar-refractivity contribution in [2.45, 2.75) is 62.8 Å². The fourth-order valence-electron chi connectivity index (χ4n) is 5.49. The predicted octanol–water partition coefficient (Wildman–Crippen LogP) is 5.97. The Morgan fingerprint density at radius 1 is 1.19 bits per heavy atom. The van der Waals surface area contributed by atoms with Crippen LogP contribution in [-0.4, -0.2) is 60.7 Å². The molecule has 1 aromatic heterocycles. The fraction of sp³-hybridized carbons (Fsp3) is 0.483. The summed E-state index contributed by atoms with van der Waals surface area (Å²) in [6.45, 7) is -0.125. The molecule has 0 bridgehead atoms. The fourth-order valence-corrected chi connectivity index (χ4v) is 5.49. The first-order chi connectivity index (χ1) is 20.1. The van der Waals surface area contributed by atoms with Gasteiger partial charge in [-0.2, -0.15) is 0 Å². The number of nitrogens with one attached hydrogen (secondary N) is 2. The summed E-state index contributed by atoms with van der Waals surface area (Å²) in [7, 11) is 1.44. The van der Waals surface area contributed by atoms with E-state index in [1.54, 1.807) is 18.2 Å². The summed E-state index contributed by atoms with van der Waals surface area (Å²) in [5.74, 6) is -3.01. The Morgan fingerprint density at radius 3 is 2.60 bits per heavy atom. The summed E-state index contributed by atoms with van der Waals surface area (Å²) in [6.07, 6.45) is -3.81. The second kappa shape index (κ2) is 12.6. The van der Waals surface area contributed by atoms with E-state index in [1.165, 1.54) is 12.0 Å². The number of oxazole rings is 1. The highest BCUT2D eigenvalue weighted by molar-refractivity contribution is 5.78. The number of benzene rings is 2. The van der Waals surface area contributed by atoms with Gasteiger partial charge in [0.1, 0.15) is 24.2 Å². The number of halogens is 4. The van der Waals surface area contributed by atoms with Crippen LogP contribution in [0.3, 0.4) is 0 Å². The first-order valence-corrected chi connectivity index (χ1v) is 13.7. The Bertz CT molecular complexity index is 1380. The van der Waals surface area contributed by atoms with Crippen LogP contribution in [0.2, 0.25) is 0 Å². The maximum atomic E-state index is 14.0. The Balaban J connectivity index is 1.39. The number of amides is 3. The number of alkyl halides is 4. The largest absolute Gasteiger partial charge is 0.445 e. The van der Waals surface area contributed by atoms with Crippen molar-refractivity contribution < 1.29 is 41.0 Å². The van der Waals surface area contributed by atoms with E-state index in [1.807, 2.05) is 30.3 Å². The molecule has 1 aliphatic carbocycles. The number of hydrogen-bond acceptors (Lipinski definition) is 6. The Kier molecular flexibility index (Phi) is 8.85. The molecule has 3 aromatic rings. The van der Waals surface area contributed by atoms with Crippen molar-refractivity contribution in [1.29, 1.82) is 0 Å². The van der Waals surface area contributed by atoms with Crippen molar-refractivity contribution in [1.82, 2.24) is 20.5 Å². The van der Waals surface area contributed by atoms with Crippen LogP contribution in [-0.2, 0) is 16.1 Å². The molecule has 2 aromatic carbocycles. The molecule has 2 heterocycles. The van der Waals surface area contributed by atoms with Gasteiger partial charge < -0.3 is 29.4 Å². The zero-order valence-electron chi connectivity index (χ0n) is 22.9. The number of ether oxygens (including phenoxy) is 2. The minimum Gasteiger partial charge on any atom is -0.445 e. The monoisotopic (exact) mass is 592 g/mol. The molecule has 226 valence electrons. The zero-order valence-corrected chi connectivity index (χ0v) is 22.9. The van der Waals surface area contributed by atoms with E-state index < -0.39 is 42.6 Å². The predicted molar refractivity (Wildman–Crippen MR) is 143 cm³/mol. The summed E-state index contributed by atoms with van der Waals surface area (Å²) >= 11 is 0. The molecule has 42 heavy (non-hydrogen) atoms. The van der Waals surface area contributed by atoms with E-state index in [4.69, 9.17) is 13.9 Å². The first-order valence-electron chi connectivity index (χ1n) is 13.7. The molecule has 5 rings (SSSR count). The smallest absolute Gasteiger partial charge is 0.408 e. The molecule has 0 unspecified atom stereocenters. The summed E-state index contributed by atoms with van der Waals surface area (Å²) in [5, 5.41) is 5.06. The van der Waals surface area contributed by atoms with Gasteiger partial charge in [-0.3, -0.25) is 0 Å². The highest BCUT2D eigenvalue weighted by atomic mass is 19.3. The number of carbonyl (C=O) groups excluding carboxylic acids is 2. The van der Waals surface area contributed by atoms with E-state index in [-0.39, 0.29) is 57.3 Å². The van der Waals surface area contributed by atoms with Gasteiger partial charge in [-0.05, 0) is 42.0 Å². The van der Waals surface area contributed by atoms with Crippen molar-refractivity contribution in [3.05, 3.63) is 65.5 Å². The second-order valence-electron chi connectivity index (χ2n) is 10.7. The van der Waals surface area contributed by atoms with E-state index in [0.29, 0.717) is 16.7 Å². The van der Waals surface area contributed by atoms with Gasteiger partial charge >= 0.3 is 12.1 Å². The van der Waals surface area contributed by atoms with Gasteiger partial charge in [0.2, 0.25) is 11.8 Å². The standard InChI is InChI=1S/C29H32F4N4O5/c1-40-16-22(37-14-21(25(30)31)35-27(37)38)19-7-8-23-20(13-19)34-26(42-23)24(18-9-11-29(32,33)12-10-18)36-28(39)41-15-17-5-3-2-4-6-17/h2-8,13,18,21-22,24-25H,9-12,14-16H2,1H3,(H,35,38)(H,36,39)/t21-,22-,24+/m1/s1. The minimum absolute atomic E-state index is 0.0242. The Labute approximate surface area is 239 Å². The molecule has 0 radical (unpaired) electrons. The lowest BCUT2D eigenvalue weighted by Crippen LogP contribution is -2.37. The zero-order chi connectivity index (χ0) is 29.9. The maximum Gasteiger partial charge on any atom is 0.408 e. The average Bonchev–Trinajstić information content (AvgIpc) is 3.57. The van der Waals surface area contributed by atoms with Crippen molar-refractivity contribution in [3.8, 4) is 0 Å². The quantitative estimate of drug-likeness (QED) is 0.281. The molecular formula is C29H32F4N4O5. The van der Waals surface area contributed by atoms with Crippen LogP contribution in [0.25, 0.3) is 11.1 Å². The molecule has 2 N–H and O–H groups in total. The van der Waals surface area contributed by atoms with Crippen LogP contribution in [0, 0.1) is 5.92 Å². The van der Waals surface area contributed by atoms with Gasteiger partial charge in [0.15, 0.2) is 5.58 Å². The highest BCUT2D eigenvalue weighted by Gasteiger charge is 2.41. The van der Waals surface area contributed by atoms with Crippen LogP contribution >= 0.6 is 0 Å². The van der Waals surface area contributed by atoms with Crippen molar-refractivity contribution in [2.24, 2.45) is 5.92 Å². The lowest BCUT2D eigenvalue weighted by Gasteiger charge is -2.32. The van der Waals surface area contributed by atoms with Crippen molar-refractivity contribution >= 4 is 23.2 Å². The van der Waals surface area contributed by atoms with Gasteiger partial charge in [0.25, 0.3) is 6.43 Å². The molecule has 1 saturated carbocycles. The van der Waals surface area contributed by atoms with Crippen LogP contribution in [0.4, 0.5) is 27.2 Å². The van der Waals surface area contributed by atoms with Crippen LogP contribution in [0.15, 0.2) is 52.9 Å². The van der Waals surface area contributed by atoms with Crippen molar-refractivity contribution in [3.63, 3.8) is 0 Å². The van der Waals surface area contributed by atoms with Gasteiger partial charge in [0, 0.05) is 26.5 Å². The molecule has 2 fully saturated rings. The van der Waals surface area contributed by atoms with Crippen LogP contribution in [0.1, 0.15) is 54.8 Å². The molecule has 13 heteroatoms. The number of alkyl carbamates (subject to hydrolysis) is 1. The summed E-state index contributed by atoms with van der Waals surface area (Å²) < 4.78 is 71.1. The number of urea groups is 1. The van der Waals surface area contributed by atoms with E-state index >= 15 is 0 Å². The molecule has 2 aliphatic rings. The number of methoxy groups -OCH3 is 1. The maximum absolute atomic E-state index is 14.0. The number of aromatic nitrogens is 1. The molecule has 3 amide bonds. The van der Waals surface area contributed by atoms with Crippen molar-refractivity contribution in [2.75, 3.05) is 20.3 Å². The Morgan fingerprint density at radius 2 is 1.93 bits per heavy atom. The van der Waals surface area contributed by atoms with Gasteiger partial charge in [-0.15, -0.1) is 0 Å². The SMILES string of the molecule is COC[C@H](c1ccc2oc([C@@H](NC(=O)OCc3ccccc3)C3CCC(F)(F)CC3)nc2c1)N1C[C@H](C(F)F)NC1=O. The molecule has 1 saturated heterocycles. The van der Waals surface area contributed by atoms with E-state index in [2.05, 4.69) is 15.6 Å². The number of rotatable bonds is 10. The molecule has 9 nitrogen and oxygen atoms in total.